The molecule has 0 aliphatic rings. The van der Waals surface area contributed by atoms with Gasteiger partial charge in [0.2, 0.25) is 0 Å². The van der Waals surface area contributed by atoms with Crippen molar-refractivity contribution < 1.29 is 13.9 Å². The molecule has 1 heterocycles. The quantitative estimate of drug-likeness (QED) is 0.873. The zero-order chi connectivity index (χ0) is 14.0. The number of thiophene rings is 1. The minimum atomic E-state index is -0.486. The minimum absolute atomic E-state index is 0.0298. The van der Waals surface area contributed by atoms with Crippen molar-refractivity contribution in [1.82, 2.24) is 0 Å². The van der Waals surface area contributed by atoms with Crippen LogP contribution in [0.2, 0.25) is 5.02 Å². The Morgan fingerprint density at radius 1 is 1.47 bits per heavy atom. The van der Waals surface area contributed by atoms with E-state index in [-0.39, 0.29) is 11.6 Å². The van der Waals surface area contributed by atoms with Gasteiger partial charge in [-0.2, -0.15) is 0 Å². The Hall–Kier alpha value is -1.59. The molecule has 0 saturated carbocycles. The van der Waals surface area contributed by atoms with Crippen molar-refractivity contribution >= 4 is 34.6 Å². The number of ether oxygens (including phenoxy) is 1. The summed E-state index contributed by atoms with van der Waals surface area (Å²) in [6, 6.07) is 6.01. The highest BCUT2D eigenvalue weighted by atomic mass is 35.5. The van der Waals surface area contributed by atoms with E-state index in [1.54, 1.807) is 19.1 Å². The first-order valence-corrected chi connectivity index (χ1v) is 6.74. The summed E-state index contributed by atoms with van der Waals surface area (Å²) in [5.41, 5.74) is 6.83. The van der Waals surface area contributed by atoms with Gasteiger partial charge in [-0.05, 0) is 30.7 Å². The Balaban J connectivity index is 2.38. The van der Waals surface area contributed by atoms with Gasteiger partial charge in [0.05, 0.1) is 17.3 Å². The fourth-order valence-electron chi connectivity index (χ4n) is 1.55. The fraction of sp³-hybridized carbons (Fsp3) is 0.154. The van der Waals surface area contributed by atoms with E-state index in [1.165, 1.54) is 23.5 Å². The van der Waals surface area contributed by atoms with E-state index >= 15 is 0 Å². The molecule has 0 spiro atoms. The summed E-state index contributed by atoms with van der Waals surface area (Å²) in [6.45, 7) is 2.01. The van der Waals surface area contributed by atoms with Crippen LogP contribution < -0.4 is 5.73 Å². The summed E-state index contributed by atoms with van der Waals surface area (Å²) in [4.78, 5) is 12.7. The summed E-state index contributed by atoms with van der Waals surface area (Å²) < 4.78 is 18.0. The van der Waals surface area contributed by atoms with Crippen molar-refractivity contribution in [3.63, 3.8) is 0 Å². The number of anilines is 1. The Labute approximate surface area is 118 Å². The zero-order valence-electron chi connectivity index (χ0n) is 10.1. The van der Waals surface area contributed by atoms with Crippen molar-refractivity contribution in [2.45, 2.75) is 6.92 Å². The lowest BCUT2D eigenvalue weighted by Gasteiger charge is -1.99. The Morgan fingerprint density at radius 3 is 2.84 bits per heavy atom. The Morgan fingerprint density at radius 2 is 2.21 bits per heavy atom. The van der Waals surface area contributed by atoms with Gasteiger partial charge in [-0.1, -0.05) is 17.7 Å². The number of nitrogens with two attached hydrogens (primary N) is 1. The van der Waals surface area contributed by atoms with Gasteiger partial charge in [-0.25, -0.2) is 9.18 Å². The number of esters is 1. The van der Waals surface area contributed by atoms with E-state index in [0.717, 1.165) is 4.88 Å². The second-order valence-corrected chi connectivity index (χ2v) is 5.20. The van der Waals surface area contributed by atoms with Gasteiger partial charge in [-0.3, -0.25) is 0 Å². The van der Waals surface area contributed by atoms with E-state index in [4.69, 9.17) is 22.1 Å². The van der Waals surface area contributed by atoms with Gasteiger partial charge in [-0.15, -0.1) is 11.3 Å². The standard InChI is InChI=1S/C13H11ClFNO2S/c1-2-18-13(17)12-10(16)6-11(19-12)7-3-4-9(15)8(14)5-7/h3-6H,2,16H2,1H3. The van der Waals surface area contributed by atoms with E-state index in [0.29, 0.717) is 16.1 Å². The fourth-order valence-corrected chi connectivity index (χ4v) is 2.70. The van der Waals surface area contributed by atoms with Crippen molar-refractivity contribution in [2.24, 2.45) is 0 Å². The van der Waals surface area contributed by atoms with Gasteiger partial charge in [0.15, 0.2) is 0 Å². The predicted octanol–water partition coefficient (Wildman–Crippen LogP) is 3.97. The van der Waals surface area contributed by atoms with Gasteiger partial charge in [0.25, 0.3) is 0 Å². The van der Waals surface area contributed by atoms with Crippen LogP contribution in [0, 0.1) is 5.82 Å². The van der Waals surface area contributed by atoms with Crippen molar-refractivity contribution in [1.29, 1.82) is 0 Å². The second-order valence-electron chi connectivity index (χ2n) is 3.74. The van der Waals surface area contributed by atoms with Crippen LogP contribution in [-0.2, 0) is 4.74 Å². The lowest BCUT2D eigenvalue weighted by atomic mass is 10.2. The molecule has 2 aromatic rings. The average Bonchev–Trinajstić information content (AvgIpc) is 2.75. The molecule has 0 atom stereocenters. The molecule has 0 unspecified atom stereocenters. The number of carbonyl (C=O) groups excluding carboxylic acids is 1. The highest BCUT2D eigenvalue weighted by Gasteiger charge is 2.16. The molecule has 1 aromatic carbocycles. The first kappa shape index (κ1) is 13.8. The first-order chi connectivity index (χ1) is 9.02. The molecule has 0 aliphatic carbocycles. The third-order valence-corrected chi connectivity index (χ3v) is 3.90. The SMILES string of the molecule is CCOC(=O)c1sc(-c2ccc(F)c(Cl)c2)cc1N. The number of hydrogen-bond donors (Lipinski definition) is 1. The molecular formula is C13H11ClFNO2S. The molecule has 0 aliphatic heterocycles. The molecule has 0 saturated heterocycles. The third-order valence-electron chi connectivity index (χ3n) is 2.43. The maximum Gasteiger partial charge on any atom is 0.350 e. The molecule has 6 heteroatoms. The van der Waals surface area contributed by atoms with Gasteiger partial charge in [0, 0.05) is 4.88 Å². The lowest BCUT2D eigenvalue weighted by molar-refractivity contribution is 0.0533. The molecule has 0 fully saturated rings. The van der Waals surface area contributed by atoms with E-state index in [2.05, 4.69) is 0 Å². The van der Waals surface area contributed by atoms with Crippen molar-refractivity contribution in [3.8, 4) is 10.4 Å². The van der Waals surface area contributed by atoms with Crippen LogP contribution in [0.4, 0.5) is 10.1 Å². The molecule has 0 amide bonds. The summed E-state index contributed by atoms with van der Waals surface area (Å²) in [7, 11) is 0. The topological polar surface area (TPSA) is 52.3 Å². The number of nitrogen functional groups attached to an aromatic ring is 1. The van der Waals surface area contributed by atoms with E-state index < -0.39 is 11.8 Å². The molecule has 1 aromatic heterocycles. The molecular weight excluding hydrogens is 289 g/mol. The number of halogens is 2. The molecule has 19 heavy (non-hydrogen) atoms. The number of hydrogen-bond acceptors (Lipinski definition) is 4. The largest absolute Gasteiger partial charge is 0.462 e. The number of benzene rings is 1. The molecule has 100 valence electrons. The summed E-state index contributed by atoms with van der Waals surface area (Å²) in [5, 5.41) is 0.0298. The van der Waals surface area contributed by atoms with Crippen LogP contribution in [0.5, 0.6) is 0 Å². The van der Waals surface area contributed by atoms with Crippen LogP contribution in [0.3, 0.4) is 0 Å². The summed E-state index contributed by atoms with van der Waals surface area (Å²) >= 11 is 6.92. The zero-order valence-corrected chi connectivity index (χ0v) is 11.6. The third kappa shape index (κ3) is 2.88. The highest BCUT2D eigenvalue weighted by Crippen LogP contribution is 2.35. The highest BCUT2D eigenvalue weighted by molar-refractivity contribution is 7.18. The van der Waals surface area contributed by atoms with E-state index in [1.807, 2.05) is 0 Å². The maximum absolute atomic E-state index is 13.1. The van der Waals surface area contributed by atoms with Gasteiger partial charge < -0.3 is 10.5 Å². The summed E-state index contributed by atoms with van der Waals surface area (Å²) in [6.07, 6.45) is 0. The first-order valence-electron chi connectivity index (χ1n) is 5.54. The molecule has 2 N–H and O–H groups in total. The normalized spacial score (nSPS) is 10.5. The van der Waals surface area contributed by atoms with Crippen molar-refractivity contribution in [3.05, 3.63) is 40.0 Å². The Bertz CT molecular complexity index is 627. The van der Waals surface area contributed by atoms with Crippen LogP contribution in [0.15, 0.2) is 24.3 Å². The molecule has 0 bridgehead atoms. The minimum Gasteiger partial charge on any atom is -0.462 e. The monoisotopic (exact) mass is 299 g/mol. The maximum atomic E-state index is 13.1. The van der Waals surface area contributed by atoms with Crippen LogP contribution in [-0.4, -0.2) is 12.6 Å². The smallest absolute Gasteiger partial charge is 0.350 e. The lowest BCUT2D eigenvalue weighted by Crippen LogP contribution is -2.04. The number of carbonyl (C=O) groups is 1. The predicted molar refractivity (Wildman–Crippen MR) is 75.1 cm³/mol. The van der Waals surface area contributed by atoms with Crippen LogP contribution >= 0.6 is 22.9 Å². The number of rotatable bonds is 3. The van der Waals surface area contributed by atoms with Crippen LogP contribution in [0.1, 0.15) is 16.6 Å². The average molecular weight is 300 g/mol. The second kappa shape index (κ2) is 5.59. The summed E-state index contributed by atoms with van der Waals surface area (Å²) in [5.74, 6) is -0.940. The molecule has 2 rings (SSSR count). The van der Waals surface area contributed by atoms with Gasteiger partial charge in [0.1, 0.15) is 10.7 Å². The molecule has 3 nitrogen and oxygen atoms in total. The molecule has 0 radical (unpaired) electrons. The Kier molecular flexibility index (Phi) is 4.07. The van der Waals surface area contributed by atoms with Crippen LogP contribution in [0.25, 0.3) is 10.4 Å². The van der Waals surface area contributed by atoms with E-state index in [9.17, 15) is 9.18 Å². The van der Waals surface area contributed by atoms with Crippen molar-refractivity contribution in [2.75, 3.05) is 12.3 Å². The van der Waals surface area contributed by atoms with Gasteiger partial charge >= 0.3 is 5.97 Å².